The molecule has 18 heteroatoms. The summed E-state index contributed by atoms with van der Waals surface area (Å²) in [5.41, 5.74) is -1.51. The Morgan fingerprint density at radius 1 is 1.02 bits per heavy atom. The summed E-state index contributed by atoms with van der Waals surface area (Å²) in [4.78, 5) is 14.9. The van der Waals surface area contributed by atoms with Crippen LogP contribution in [0.3, 0.4) is 0 Å². The van der Waals surface area contributed by atoms with E-state index in [0.717, 1.165) is 6.20 Å². The van der Waals surface area contributed by atoms with Crippen molar-refractivity contribution in [1.82, 2.24) is 29.5 Å². The lowest BCUT2D eigenvalue weighted by Crippen LogP contribution is -2.64. The lowest BCUT2D eigenvalue weighted by atomic mass is 9.95. The molecule has 2 aliphatic heterocycles. The molecule has 2 aromatic rings. The number of nitrogens with one attached hydrogen (secondary N) is 1. The van der Waals surface area contributed by atoms with Gasteiger partial charge in [-0.1, -0.05) is 0 Å². The van der Waals surface area contributed by atoms with Gasteiger partial charge in [-0.15, -0.1) is 0 Å². The topological polar surface area (TPSA) is 141 Å². The van der Waals surface area contributed by atoms with Crippen molar-refractivity contribution in [3.63, 3.8) is 0 Å². The van der Waals surface area contributed by atoms with Crippen LogP contribution < -0.4 is 16.0 Å². The first-order chi connectivity index (χ1) is 18.9. The number of piperazine rings is 2. The molecule has 0 spiro atoms. The quantitative estimate of drug-likeness (QED) is 0.410. The summed E-state index contributed by atoms with van der Waals surface area (Å²) in [6.07, 6.45) is -10.4. The minimum atomic E-state index is -6.08. The predicted molar refractivity (Wildman–Crippen MR) is 135 cm³/mol. The third kappa shape index (κ3) is 5.93. The summed E-state index contributed by atoms with van der Waals surface area (Å²) in [6.45, 7) is 6.01. The average molecular weight is 613 g/mol. The van der Waals surface area contributed by atoms with E-state index in [0.29, 0.717) is 26.2 Å². The van der Waals surface area contributed by atoms with Crippen molar-refractivity contribution in [3.05, 3.63) is 36.3 Å². The number of aliphatic hydroxyl groups is 1. The van der Waals surface area contributed by atoms with Crippen molar-refractivity contribution in [2.75, 3.05) is 56.4 Å². The van der Waals surface area contributed by atoms with Gasteiger partial charge >= 0.3 is 12.4 Å². The van der Waals surface area contributed by atoms with Gasteiger partial charge in [0, 0.05) is 75.5 Å². The zero-order chi connectivity index (χ0) is 30.4. The second-order valence-corrected chi connectivity index (χ2v) is 12.5. The fraction of sp³-hybridized carbons (Fsp3) is 0.609. The van der Waals surface area contributed by atoms with Gasteiger partial charge in [0.05, 0.1) is 6.04 Å². The summed E-state index contributed by atoms with van der Waals surface area (Å²) < 4.78 is 108. The van der Waals surface area contributed by atoms with Crippen LogP contribution in [0.15, 0.2) is 35.6 Å². The third-order valence-electron chi connectivity index (χ3n) is 7.38. The Kier molecular flexibility index (Phi) is 8.20. The Bertz CT molecular complexity index is 1310. The van der Waals surface area contributed by atoms with Crippen LogP contribution >= 0.6 is 0 Å². The van der Waals surface area contributed by atoms with Crippen LogP contribution in [0.4, 0.5) is 38.1 Å². The molecular weight excluding hydrogens is 582 g/mol. The van der Waals surface area contributed by atoms with Crippen LogP contribution in [0, 0.1) is 0 Å². The summed E-state index contributed by atoms with van der Waals surface area (Å²) in [5, 5.41) is 13.0. The fourth-order valence-corrected chi connectivity index (χ4v) is 6.33. The summed E-state index contributed by atoms with van der Waals surface area (Å²) in [6, 6.07) is 2.04. The van der Waals surface area contributed by atoms with Crippen molar-refractivity contribution in [2.24, 2.45) is 0 Å². The van der Waals surface area contributed by atoms with Crippen molar-refractivity contribution < 1.29 is 39.9 Å². The van der Waals surface area contributed by atoms with Crippen LogP contribution in [-0.4, -0.2) is 107 Å². The highest BCUT2D eigenvalue weighted by Gasteiger charge is 2.71. The van der Waals surface area contributed by atoms with Crippen LogP contribution in [0.5, 0.6) is 0 Å². The standard InChI is InChI=1S/C23H30F6N8O3S/c1-20(2)14-31-5-6-35(20)12-16-13-36(41(39,40)17-3-4-18(30)32-11-17)7-8-37(16)19-33-9-15(10-34-19)21(38,22(24,25)26)23(27,28)29/h3-4,9-11,16,31,38H,5-8,12-14H2,1-2H3,(H2,30,32). The van der Waals surface area contributed by atoms with Crippen LogP contribution in [0.1, 0.15) is 19.4 Å². The van der Waals surface area contributed by atoms with Crippen molar-refractivity contribution in [1.29, 1.82) is 0 Å². The van der Waals surface area contributed by atoms with E-state index in [1.165, 1.54) is 16.4 Å². The van der Waals surface area contributed by atoms with Gasteiger partial charge < -0.3 is 21.1 Å². The highest BCUT2D eigenvalue weighted by Crippen LogP contribution is 2.49. The summed E-state index contributed by atoms with van der Waals surface area (Å²) >= 11 is 0. The number of rotatable bonds is 6. The molecule has 2 aliphatic rings. The van der Waals surface area contributed by atoms with Gasteiger partial charge in [0.2, 0.25) is 16.0 Å². The first-order valence-corrected chi connectivity index (χ1v) is 13.9. The van der Waals surface area contributed by atoms with E-state index < -0.39 is 39.6 Å². The second kappa shape index (κ2) is 10.8. The van der Waals surface area contributed by atoms with Crippen molar-refractivity contribution in [2.45, 2.75) is 48.3 Å². The van der Waals surface area contributed by atoms with E-state index in [4.69, 9.17) is 5.73 Å². The zero-order valence-electron chi connectivity index (χ0n) is 22.1. The molecule has 0 bridgehead atoms. The number of nitrogens with two attached hydrogens (primary N) is 1. The normalized spacial score (nSPS) is 21.7. The zero-order valence-corrected chi connectivity index (χ0v) is 22.9. The average Bonchev–Trinajstić information content (AvgIpc) is 2.88. The Hall–Kier alpha value is -2.80. The first-order valence-electron chi connectivity index (χ1n) is 12.5. The molecular formula is C23H30F6N8O3S. The number of halogens is 6. The van der Waals surface area contributed by atoms with Gasteiger partial charge in [-0.3, -0.25) is 4.90 Å². The number of hydrogen-bond donors (Lipinski definition) is 3. The number of alkyl halides is 6. The lowest BCUT2D eigenvalue weighted by molar-refractivity contribution is -0.376. The smallest absolute Gasteiger partial charge is 0.384 e. The molecule has 2 fully saturated rings. The van der Waals surface area contributed by atoms with E-state index in [1.54, 1.807) is 4.90 Å². The molecule has 1 unspecified atom stereocenters. The number of nitrogen functional groups attached to an aromatic ring is 1. The van der Waals surface area contributed by atoms with E-state index in [-0.39, 0.29) is 54.2 Å². The molecule has 228 valence electrons. The Balaban J connectivity index is 1.67. The molecule has 1 atom stereocenters. The summed E-state index contributed by atoms with van der Waals surface area (Å²) in [7, 11) is -4.01. The van der Waals surface area contributed by atoms with E-state index in [9.17, 15) is 39.9 Å². The molecule has 0 amide bonds. The minimum Gasteiger partial charge on any atom is -0.384 e. The van der Waals surface area contributed by atoms with E-state index in [2.05, 4.69) is 25.2 Å². The van der Waals surface area contributed by atoms with E-state index in [1.807, 2.05) is 13.8 Å². The minimum absolute atomic E-state index is 0.0129. The predicted octanol–water partition coefficient (Wildman–Crippen LogP) is 1.33. The molecule has 41 heavy (non-hydrogen) atoms. The monoisotopic (exact) mass is 612 g/mol. The molecule has 11 nitrogen and oxygen atoms in total. The molecule has 4 rings (SSSR count). The molecule has 4 N–H and O–H groups in total. The number of pyridine rings is 1. The molecule has 4 heterocycles. The SMILES string of the molecule is CC1(C)CNCCN1CC1CN(S(=O)(=O)c2ccc(N)nc2)CCN1c1ncc(C(O)(C(F)(F)F)C(F)(F)F)cn1. The molecule has 0 aliphatic carbocycles. The maximum atomic E-state index is 13.4. The number of nitrogens with zero attached hydrogens (tertiary/aromatic N) is 6. The highest BCUT2D eigenvalue weighted by molar-refractivity contribution is 7.89. The molecule has 0 saturated carbocycles. The van der Waals surface area contributed by atoms with Crippen LogP contribution in [0.25, 0.3) is 0 Å². The highest BCUT2D eigenvalue weighted by atomic mass is 32.2. The van der Waals surface area contributed by atoms with Gasteiger partial charge in [0.25, 0.3) is 5.60 Å². The third-order valence-corrected chi connectivity index (χ3v) is 9.23. The maximum Gasteiger partial charge on any atom is 0.430 e. The van der Waals surface area contributed by atoms with Crippen LogP contribution in [0.2, 0.25) is 0 Å². The lowest BCUT2D eigenvalue weighted by Gasteiger charge is -2.48. The first kappa shape index (κ1) is 31.1. The molecule has 2 aromatic heterocycles. The fourth-order valence-electron chi connectivity index (χ4n) is 4.92. The molecule has 0 radical (unpaired) electrons. The Labute approximate surface area is 232 Å². The number of aromatic nitrogens is 3. The van der Waals surface area contributed by atoms with Gasteiger partial charge in [0.15, 0.2) is 0 Å². The maximum absolute atomic E-state index is 13.4. The number of anilines is 2. The van der Waals surface area contributed by atoms with Crippen molar-refractivity contribution in [3.8, 4) is 0 Å². The van der Waals surface area contributed by atoms with Crippen molar-refractivity contribution >= 4 is 21.8 Å². The number of hydrogen-bond acceptors (Lipinski definition) is 10. The molecule has 0 aromatic carbocycles. The Morgan fingerprint density at radius 3 is 2.20 bits per heavy atom. The van der Waals surface area contributed by atoms with Gasteiger partial charge in [-0.25, -0.2) is 23.4 Å². The summed E-state index contributed by atoms with van der Waals surface area (Å²) in [5.74, 6) is -0.0688. The second-order valence-electron chi connectivity index (χ2n) is 10.5. The van der Waals surface area contributed by atoms with Crippen LogP contribution in [-0.2, 0) is 15.6 Å². The largest absolute Gasteiger partial charge is 0.430 e. The van der Waals surface area contributed by atoms with Gasteiger partial charge in [-0.2, -0.15) is 30.6 Å². The Morgan fingerprint density at radius 2 is 1.66 bits per heavy atom. The van der Waals surface area contributed by atoms with Gasteiger partial charge in [0.1, 0.15) is 10.7 Å². The molecule has 2 saturated heterocycles. The number of sulfonamides is 1. The van der Waals surface area contributed by atoms with E-state index >= 15 is 0 Å². The van der Waals surface area contributed by atoms with Gasteiger partial charge in [-0.05, 0) is 26.0 Å².